The van der Waals surface area contributed by atoms with Gasteiger partial charge in [0.2, 0.25) is 0 Å². The van der Waals surface area contributed by atoms with Gasteiger partial charge in [-0.2, -0.15) is 0 Å². The molecule has 0 aliphatic carbocycles. The van der Waals surface area contributed by atoms with Crippen molar-refractivity contribution in [2.45, 2.75) is 32.2 Å². The van der Waals surface area contributed by atoms with Gasteiger partial charge in [-0.15, -0.1) is 0 Å². The van der Waals surface area contributed by atoms with Gasteiger partial charge in [-0.05, 0) is 6.42 Å². The summed E-state index contributed by atoms with van der Waals surface area (Å²) in [5, 5.41) is 8.88. The van der Waals surface area contributed by atoms with E-state index in [4.69, 9.17) is 9.84 Å². The number of hydrogen-bond acceptors (Lipinski definition) is 3. The summed E-state index contributed by atoms with van der Waals surface area (Å²) in [5.41, 5.74) is 0. The summed E-state index contributed by atoms with van der Waals surface area (Å²) in [6, 6.07) is 0.542. The van der Waals surface area contributed by atoms with Crippen molar-refractivity contribution in [2.75, 3.05) is 32.9 Å². The lowest BCUT2D eigenvalue weighted by Crippen LogP contribution is -2.46. The van der Waals surface area contributed by atoms with E-state index in [9.17, 15) is 0 Å². The van der Waals surface area contributed by atoms with Crippen LogP contribution >= 0.6 is 0 Å². The van der Waals surface area contributed by atoms with Gasteiger partial charge in [-0.1, -0.05) is 19.8 Å². The highest BCUT2D eigenvalue weighted by Gasteiger charge is 2.21. The molecule has 1 saturated heterocycles. The predicted molar refractivity (Wildman–Crippen MR) is 52.8 cm³/mol. The Morgan fingerprint density at radius 1 is 1.54 bits per heavy atom. The van der Waals surface area contributed by atoms with Crippen LogP contribution in [-0.2, 0) is 4.74 Å². The normalized spacial score (nSPS) is 24.9. The van der Waals surface area contributed by atoms with Crippen molar-refractivity contribution in [3.63, 3.8) is 0 Å². The first-order valence-corrected chi connectivity index (χ1v) is 5.31. The summed E-state index contributed by atoms with van der Waals surface area (Å²) in [4.78, 5) is 2.35. The van der Waals surface area contributed by atoms with E-state index in [1.54, 1.807) is 0 Å². The van der Waals surface area contributed by atoms with Crippen molar-refractivity contribution in [3.05, 3.63) is 0 Å². The lowest BCUT2D eigenvalue weighted by molar-refractivity contribution is -0.0169. The highest BCUT2D eigenvalue weighted by Crippen LogP contribution is 2.12. The molecule has 13 heavy (non-hydrogen) atoms. The third-order valence-electron chi connectivity index (χ3n) is 2.63. The Bertz CT molecular complexity index is 128. The Kier molecular flexibility index (Phi) is 5.35. The highest BCUT2D eigenvalue weighted by atomic mass is 16.5. The molecular weight excluding hydrogens is 166 g/mol. The maximum atomic E-state index is 8.88. The van der Waals surface area contributed by atoms with Crippen LogP contribution < -0.4 is 0 Å². The van der Waals surface area contributed by atoms with Gasteiger partial charge in [0.15, 0.2) is 0 Å². The summed E-state index contributed by atoms with van der Waals surface area (Å²) in [6.07, 6.45) is 3.70. The van der Waals surface area contributed by atoms with Crippen LogP contribution in [0.25, 0.3) is 0 Å². The zero-order valence-electron chi connectivity index (χ0n) is 8.54. The monoisotopic (exact) mass is 187 g/mol. The first-order valence-electron chi connectivity index (χ1n) is 5.31. The first-order chi connectivity index (χ1) is 6.38. The molecule has 0 bridgehead atoms. The Morgan fingerprint density at radius 3 is 3.08 bits per heavy atom. The number of ether oxygens (including phenoxy) is 1. The van der Waals surface area contributed by atoms with Gasteiger partial charge in [0.1, 0.15) is 0 Å². The zero-order valence-corrected chi connectivity index (χ0v) is 8.54. The number of hydrogen-bond donors (Lipinski definition) is 1. The van der Waals surface area contributed by atoms with E-state index in [1.165, 1.54) is 19.3 Å². The summed E-state index contributed by atoms with van der Waals surface area (Å²) in [6.45, 7) is 5.93. The molecule has 0 aromatic carbocycles. The first kappa shape index (κ1) is 11.0. The van der Waals surface area contributed by atoms with E-state index in [0.717, 1.165) is 26.3 Å². The van der Waals surface area contributed by atoms with E-state index in [-0.39, 0.29) is 6.61 Å². The molecule has 1 atom stereocenters. The van der Waals surface area contributed by atoms with Crippen LogP contribution in [0, 0.1) is 0 Å². The molecule has 1 aliphatic heterocycles. The Labute approximate surface area is 80.7 Å². The number of rotatable bonds is 5. The lowest BCUT2D eigenvalue weighted by atomic mass is 10.1. The van der Waals surface area contributed by atoms with Gasteiger partial charge in [-0.3, -0.25) is 4.90 Å². The zero-order chi connectivity index (χ0) is 9.52. The van der Waals surface area contributed by atoms with Crippen molar-refractivity contribution < 1.29 is 9.84 Å². The van der Waals surface area contributed by atoms with Gasteiger partial charge < -0.3 is 9.84 Å². The standard InChI is InChI=1S/C10H21NO2/c1-2-3-4-10-9-13-8-6-11(10)5-7-12/h10,12H,2-9H2,1H3. The fourth-order valence-corrected chi connectivity index (χ4v) is 1.82. The van der Waals surface area contributed by atoms with E-state index < -0.39 is 0 Å². The fraction of sp³-hybridized carbons (Fsp3) is 1.00. The number of unbranched alkanes of at least 4 members (excludes halogenated alkanes) is 1. The lowest BCUT2D eigenvalue weighted by Gasteiger charge is -2.35. The van der Waals surface area contributed by atoms with Gasteiger partial charge in [0, 0.05) is 19.1 Å². The molecular formula is C10H21NO2. The molecule has 0 spiro atoms. The third-order valence-corrected chi connectivity index (χ3v) is 2.63. The molecule has 1 heterocycles. The molecule has 1 aliphatic rings. The van der Waals surface area contributed by atoms with E-state index in [0.29, 0.717) is 6.04 Å². The molecule has 3 heteroatoms. The van der Waals surface area contributed by atoms with E-state index in [1.807, 2.05) is 0 Å². The second-order valence-electron chi connectivity index (χ2n) is 3.63. The van der Waals surface area contributed by atoms with Crippen LogP contribution in [0.4, 0.5) is 0 Å². The van der Waals surface area contributed by atoms with Crippen molar-refractivity contribution in [1.29, 1.82) is 0 Å². The smallest absolute Gasteiger partial charge is 0.0622 e. The Hall–Kier alpha value is -0.120. The summed E-state index contributed by atoms with van der Waals surface area (Å²) in [7, 11) is 0. The van der Waals surface area contributed by atoms with E-state index in [2.05, 4.69) is 11.8 Å². The number of nitrogens with zero attached hydrogens (tertiary/aromatic N) is 1. The number of aliphatic hydroxyl groups excluding tert-OH is 1. The van der Waals surface area contributed by atoms with Crippen LogP contribution in [0.1, 0.15) is 26.2 Å². The minimum absolute atomic E-state index is 0.266. The van der Waals surface area contributed by atoms with Crippen LogP contribution in [-0.4, -0.2) is 49.0 Å². The average molecular weight is 187 g/mol. The molecule has 0 radical (unpaired) electrons. The molecule has 1 N–H and O–H groups in total. The second-order valence-corrected chi connectivity index (χ2v) is 3.63. The average Bonchev–Trinajstić information content (AvgIpc) is 2.17. The van der Waals surface area contributed by atoms with Gasteiger partial charge in [0.05, 0.1) is 19.8 Å². The largest absolute Gasteiger partial charge is 0.395 e. The van der Waals surface area contributed by atoms with Gasteiger partial charge in [0.25, 0.3) is 0 Å². The van der Waals surface area contributed by atoms with Gasteiger partial charge >= 0.3 is 0 Å². The molecule has 1 rings (SSSR count). The van der Waals surface area contributed by atoms with Crippen molar-refractivity contribution in [1.82, 2.24) is 4.90 Å². The highest BCUT2D eigenvalue weighted by molar-refractivity contribution is 4.74. The van der Waals surface area contributed by atoms with Crippen LogP contribution in [0.3, 0.4) is 0 Å². The predicted octanol–water partition coefficient (Wildman–Crippen LogP) is 0.870. The summed E-state index contributed by atoms with van der Waals surface area (Å²) < 4.78 is 5.43. The summed E-state index contributed by atoms with van der Waals surface area (Å²) in [5.74, 6) is 0. The maximum absolute atomic E-state index is 8.88. The second kappa shape index (κ2) is 6.35. The maximum Gasteiger partial charge on any atom is 0.0622 e. The molecule has 1 fully saturated rings. The topological polar surface area (TPSA) is 32.7 Å². The quantitative estimate of drug-likeness (QED) is 0.693. The van der Waals surface area contributed by atoms with Crippen LogP contribution in [0.5, 0.6) is 0 Å². The Morgan fingerprint density at radius 2 is 2.38 bits per heavy atom. The molecule has 0 aromatic heterocycles. The minimum Gasteiger partial charge on any atom is -0.395 e. The Balaban J connectivity index is 2.28. The summed E-state index contributed by atoms with van der Waals surface area (Å²) >= 11 is 0. The SMILES string of the molecule is CCCCC1COCCN1CCO. The minimum atomic E-state index is 0.266. The molecule has 78 valence electrons. The third kappa shape index (κ3) is 3.63. The number of β-amino-alcohol motifs (C(OH)–C–C–N with tert-alkyl or cyclic N) is 1. The molecule has 0 aromatic rings. The molecule has 0 amide bonds. The van der Waals surface area contributed by atoms with Crippen LogP contribution in [0.2, 0.25) is 0 Å². The molecule has 0 saturated carbocycles. The van der Waals surface area contributed by atoms with Crippen molar-refractivity contribution in [2.24, 2.45) is 0 Å². The molecule has 3 nitrogen and oxygen atoms in total. The van der Waals surface area contributed by atoms with Crippen molar-refractivity contribution in [3.8, 4) is 0 Å². The number of morpholine rings is 1. The van der Waals surface area contributed by atoms with Gasteiger partial charge in [-0.25, -0.2) is 0 Å². The fourth-order valence-electron chi connectivity index (χ4n) is 1.82. The van der Waals surface area contributed by atoms with Crippen molar-refractivity contribution >= 4 is 0 Å². The van der Waals surface area contributed by atoms with E-state index >= 15 is 0 Å². The number of aliphatic hydroxyl groups is 1. The molecule has 1 unspecified atom stereocenters. The van der Waals surface area contributed by atoms with Crippen LogP contribution in [0.15, 0.2) is 0 Å².